The van der Waals surface area contributed by atoms with Crippen molar-refractivity contribution in [2.75, 3.05) is 10.8 Å². The molecular weight excluding hydrogens is 302 g/mol. The van der Waals surface area contributed by atoms with E-state index < -0.39 is 17.6 Å². The monoisotopic (exact) mass is 311 g/mol. The number of anilines is 3. The molecule has 0 atom stereocenters. The molecule has 0 bridgehead atoms. The van der Waals surface area contributed by atoms with Gasteiger partial charge in [-0.3, -0.25) is 10.7 Å². The second-order valence-corrected chi connectivity index (χ2v) is 4.30. The highest BCUT2D eigenvalue weighted by Gasteiger charge is 2.31. The second-order valence-electron chi connectivity index (χ2n) is 4.30. The van der Waals surface area contributed by atoms with Crippen molar-refractivity contribution >= 4 is 17.1 Å². The van der Waals surface area contributed by atoms with E-state index in [0.29, 0.717) is 6.07 Å². The summed E-state index contributed by atoms with van der Waals surface area (Å²) >= 11 is 0. The number of rotatable bonds is 3. The van der Waals surface area contributed by atoms with Crippen LogP contribution in [-0.4, -0.2) is 5.21 Å². The average molecular weight is 311 g/mol. The maximum atomic E-state index is 13.0. The topological polar surface area (TPSA) is 68.1 Å². The van der Waals surface area contributed by atoms with Gasteiger partial charge in [0.1, 0.15) is 11.9 Å². The Balaban J connectivity index is 2.41. The van der Waals surface area contributed by atoms with Crippen LogP contribution in [0.25, 0.3) is 0 Å². The van der Waals surface area contributed by atoms with E-state index in [2.05, 4.69) is 5.32 Å². The molecule has 0 aliphatic heterocycles. The smallest absolute Gasteiger partial charge is 0.353 e. The molecule has 3 N–H and O–H groups in total. The average Bonchev–Trinajstić information content (AvgIpc) is 2.48. The second kappa shape index (κ2) is 5.91. The summed E-state index contributed by atoms with van der Waals surface area (Å²) in [5.74, 6) is -0.616. The van der Waals surface area contributed by atoms with Crippen molar-refractivity contribution in [1.29, 1.82) is 5.26 Å². The lowest BCUT2D eigenvalue weighted by Gasteiger charge is -2.14. The van der Waals surface area contributed by atoms with Crippen LogP contribution in [0.5, 0.6) is 0 Å². The largest absolute Gasteiger partial charge is 0.416 e. The summed E-state index contributed by atoms with van der Waals surface area (Å²) in [6.45, 7) is 0. The van der Waals surface area contributed by atoms with Crippen LogP contribution in [-0.2, 0) is 6.18 Å². The van der Waals surface area contributed by atoms with Gasteiger partial charge in [0, 0.05) is 6.07 Å². The van der Waals surface area contributed by atoms with E-state index in [-0.39, 0.29) is 22.6 Å². The first-order valence-electron chi connectivity index (χ1n) is 5.93. The summed E-state index contributed by atoms with van der Waals surface area (Å²) in [7, 11) is 0. The van der Waals surface area contributed by atoms with Crippen molar-refractivity contribution in [2.45, 2.75) is 6.18 Å². The summed E-state index contributed by atoms with van der Waals surface area (Å²) in [6.07, 6.45) is -4.56. The van der Waals surface area contributed by atoms with Crippen molar-refractivity contribution in [3.63, 3.8) is 0 Å². The van der Waals surface area contributed by atoms with E-state index in [1.807, 2.05) is 0 Å². The van der Waals surface area contributed by atoms with Crippen LogP contribution in [0.2, 0.25) is 0 Å². The minimum absolute atomic E-state index is 0.0243. The van der Waals surface area contributed by atoms with Crippen molar-refractivity contribution < 1.29 is 22.8 Å². The van der Waals surface area contributed by atoms with Gasteiger partial charge in [0.05, 0.1) is 28.2 Å². The van der Waals surface area contributed by atoms with Gasteiger partial charge in [0.15, 0.2) is 0 Å². The molecule has 0 aromatic heterocycles. The van der Waals surface area contributed by atoms with Gasteiger partial charge in [-0.1, -0.05) is 0 Å². The number of hydrogen-bond acceptors (Lipinski definition) is 4. The van der Waals surface area contributed by atoms with E-state index in [1.54, 1.807) is 11.5 Å². The number of alkyl halides is 3. The minimum Gasteiger partial charge on any atom is -0.353 e. The third-order valence-corrected chi connectivity index (χ3v) is 2.84. The quantitative estimate of drug-likeness (QED) is 0.585. The predicted molar refractivity (Wildman–Crippen MR) is 71.3 cm³/mol. The summed E-state index contributed by atoms with van der Waals surface area (Å²) in [6, 6.07) is 7.62. The molecule has 114 valence electrons. The lowest BCUT2D eigenvalue weighted by molar-refractivity contribution is -0.137. The third kappa shape index (κ3) is 3.27. The van der Waals surface area contributed by atoms with Gasteiger partial charge in [-0.25, -0.2) is 4.39 Å². The first kappa shape index (κ1) is 15.6. The highest BCUT2D eigenvalue weighted by atomic mass is 19.4. The highest BCUT2D eigenvalue weighted by Crippen LogP contribution is 2.33. The Labute approximate surface area is 122 Å². The molecule has 2 rings (SSSR count). The van der Waals surface area contributed by atoms with Gasteiger partial charge in [0.2, 0.25) is 0 Å². The van der Waals surface area contributed by atoms with Gasteiger partial charge < -0.3 is 5.32 Å². The van der Waals surface area contributed by atoms with E-state index in [4.69, 9.17) is 10.5 Å². The Morgan fingerprint density at radius 1 is 1.00 bits per heavy atom. The van der Waals surface area contributed by atoms with Gasteiger partial charge in [-0.05, 0) is 30.3 Å². The predicted octanol–water partition coefficient (Wildman–Crippen LogP) is 4.26. The summed E-state index contributed by atoms with van der Waals surface area (Å²) in [4.78, 5) is 0. The maximum absolute atomic E-state index is 13.0. The highest BCUT2D eigenvalue weighted by molar-refractivity contribution is 5.76. The lowest BCUT2D eigenvalue weighted by Crippen LogP contribution is -2.06. The molecule has 0 aliphatic carbocycles. The molecule has 2 aromatic rings. The fourth-order valence-corrected chi connectivity index (χ4v) is 1.79. The number of nitrogens with zero attached hydrogens (tertiary/aromatic N) is 1. The molecule has 2 aromatic carbocycles. The number of halogens is 4. The molecular formula is C14H9F4N3O. The van der Waals surface area contributed by atoms with Gasteiger partial charge in [0.25, 0.3) is 0 Å². The fourth-order valence-electron chi connectivity index (χ4n) is 1.79. The molecule has 0 spiro atoms. The first-order chi connectivity index (χ1) is 10.3. The molecule has 0 aliphatic rings. The maximum Gasteiger partial charge on any atom is 0.416 e. The minimum atomic E-state index is -4.56. The van der Waals surface area contributed by atoms with Crippen molar-refractivity contribution in [3.8, 4) is 6.07 Å². The molecule has 0 saturated carbocycles. The zero-order valence-electron chi connectivity index (χ0n) is 10.9. The van der Waals surface area contributed by atoms with Crippen molar-refractivity contribution in [1.82, 2.24) is 0 Å². The Hall–Kier alpha value is -2.79. The van der Waals surface area contributed by atoms with Crippen LogP contribution in [0.1, 0.15) is 11.1 Å². The van der Waals surface area contributed by atoms with E-state index in [0.717, 1.165) is 24.3 Å². The zero-order valence-corrected chi connectivity index (χ0v) is 10.9. The van der Waals surface area contributed by atoms with Crippen LogP contribution in [0, 0.1) is 17.1 Å². The van der Waals surface area contributed by atoms with E-state index >= 15 is 0 Å². The standard InChI is InChI=1S/C14H9F4N3O/c15-10-2-4-12(13(6-10)21-22)20-11-3-1-9(14(16,17)18)5-8(11)7-19/h1-6,20-22H. The number of nitriles is 1. The Bertz CT molecular complexity index is 738. The SMILES string of the molecule is N#Cc1cc(C(F)(F)F)ccc1Nc1ccc(F)cc1NO. The number of hydrogen-bond donors (Lipinski definition) is 3. The van der Waals surface area contributed by atoms with E-state index in [1.165, 1.54) is 6.07 Å². The van der Waals surface area contributed by atoms with Crippen molar-refractivity contribution in [2.24, 2.45) is 0 Å². The summed E-state index contributed by atoms with van der Waals surface area (Å²) in [5.41, 5.74) is 0.848. The molecule has 4 nitrogen and oxygen atoms in total. The third-order valence-electron chi connectivity index (χ3n) is 2.84. The fraction of sp³-hybridized carbons (Fsp3) is 0.0714. The first-order valence-corrected chi connectivity index (χ1v) is 5.93. The Kier molecular flexibility index (Phi) is 4.19. The van der Waals surface area contributed by atoms with Gasteiger partial charge in [-0.15, -0.1) is 0 Å². The van der Waals surface area contributed by atoms with E-state index in [9.17, 15) is 17.6 Å². The molecule has 0 radical (unpaired) electrons. The van der Waals surface area contributed by atoms with Gasteiger partial charge >= 0.3 is 6.18 Å². The molecule has 0 unspecified atom stereocenters. The summed E-state index contributed by atoms with van der Waals surface area (Å²) in [5, 5.41) is 20.6. The Morgan fingerprint density at radius 3 is 2.27 bits per heavy atom. The zero-order chi connectivity index (χ0) is 16.3. The van der Waals surface area contributed by atoms with Crippen LogP contribution in [0.4, 0.5) is 34.6 Å². The van der Waals surface area contributed by atoms with Crippen LogP contribution in [0.15, 0.2) is 36.4 Å². The van der Waals surface area contributed by atoms with Crippen LogP contribution < -0.4 is 10.8 Å². The molecule has 0 heterocycles. The Morgan fingerprint density at radius 2 is 1.68 bits per heavy atom. The van der Waals surface area contributed by atoms with Gasteiger partial charge in [-0.2, -0.15) is 18.4 Å². The normalized spacial score (nSPS) is 10.9. The summed E-state index contributed by atoms with van der Waals surface area (Å²) < 4.78 is 50.9. The molecule has 22 heavy (non-hydrogen) atoms. The van der Waals surface area contributed by atoms with Crippen molar-refractivity contribution in [3.05, 3.63) is 53.3 Å². The molecule has 0 fully saturated rings. The molecule has 8 heteroatoms. The van der Waals surface area contributed by atoms with Crippen LogP contribution in [0.3, 0.4) is 0 Å². The number of benzene rings is 2. The lowest BCUT2D eigenvalue weighted by atomic mass is 10.1. The van der Waals surface area contributed by atoms with Crippen LogP contribution >= 0.6 is 0 Å². The molecule has 0 saturated heterocycles. The number of nitrogens with one attached hydrogen (secondary N) is 2. The molecule has 0 amide bonds.